The molecule has 0 spiro atoms. The lowest BCUT2D eigenvalue weighted by Crippen LogP contribution is -2.53. The maximum absolute atomic E-state index is 12.1. The maximum atomic E-state index is 12.1. The van der Waals surface area contributed by atoms with Gasteiger partial charge in [0.1, 0.15) is 5.54 Å². The van der Waals surface area contributed by atoms with Gasteiger partial charge in [0.2, 0.25) is 5.91 Å². The minimum Gasteiger partial charge on any atom is -0.493 e. The molecule has 0 aliphatic heterocycles. The van der Waals surface area contributed by atoms with Crippen LogP contribution >= 0.6 is 0 Å². The molecule has 0 aliphatic carbocycles. The van der Waals surface area contributed by atoms with E-state index in [1.807, 2.05) is 0 Å². The molecule has 0 radical (unpaired) electrons. The molecule has 2 amide bonds. The number of carboxylic acid groups (broad SMARTS) is 1. The molecule has 0 atom stereocenters. The van der Waals surface area contributed by atoms with Crippen LogP contribution in [0.2, 0.25) is 0 Å². The Kier molecular flexibility index (Phi) is 6.16. The molecule has 24 heavy (non-hydrogen) atoms. The number of likely N-dealkylation sites (N-methyl/N-ethyl adjacent to an activating group) is 1. The summed E-state index contributed by atoms with van der Waals surface area (Å²) in [5.41, 5.74) is -1.08. The van der Waals surface area contributed by atoms with Gasteiger partial charge in [-0.25, -0.2) is 4.79 Å². The molecule has 0 unspecified atom stereocenters. The molecule has 0 fully saturated rings. The van der Waals surface area contributed by atoms with Gasteiger partial charge in [0.05, 0.1) is 20.8 Å². The first-order valence-corrected chi connectivity index (χ1v) is 7.15. The zero-order valence-corrected chi connectivity index (χ0v) is 14.4. The minimum absolute atomic E-state index is 0.292. The highest BCUT2D eigenvalue weighted by Gasteiger charge is 2.35. The van der Waals surface area contributed by atoms with Crippen LogP contribution in [0.5, 0.6) is 11.5 Å². The number of hydrogen-bond acceptors (Lipinski definition) is 5. The Morgan fingerprint density at radius 3 is 2.25 bits per heavy atom. The van der Waals surface area contributed by atoms with Gasteiger partial charge in [-0.05, 0) is 32.0 Å². The number of benzene rings is 1. The third-order valence-corrected chi connectivity index (χ3v) is 3.78. The summed E-state index contributed by atoms with van der Waals surface area (Å²) in [4.78, 5) is 36.4. The Balaban J connectivity index is 2.76. The van der Waals surface area contributed by atoms with Gasteiger partial charge in [0.25, 0.3) is 5.91 Å². The van der Waals surface area contributed by atoms with Crippen LogP contribution in [0.3, 0.4) is 0 Å². The summed E-state index contributed by atoms with van der Waals surface area (Å²) in [5, 5.41) is 11.6. The lowest BCUT2D eigenvalue weighted by atomic mass is 10.0. The molecule has 0 heterocycles. The normalized spacial score (nSPS) is 10.7. The number of rotatable bonds is 7. The van der Waals surface area contributed by atoms with Crippen LogP contribution in [-0.2, 0) is 9.59 Å². The molecule has 0 saturated carbocycles. The van der Waals surface area contributed by atoms with Crippen molar-refractivity contribution in [3.8, 4) is 11.5 Å². The first-order valence-electron chi connectivity index (χ1n) is 7.15. The Hall–Kier alpha value is -2.77. The third-order valence-electron chi connectivity index (χ3n) is 3.78. The highest BCUT2D eigenvalue weighted by molar-refractivity contribution is 5.97. The van der Waals surface area contributed by atoms with Gasteiger partial charge in [-0.15, -0.1) is 0 Å². The molecule has 132 valence electrons. The molecule has 0 bridgehead atoms. The number of amides is 2. The fraction of sp³-hybridized carbons (Fsp3) is 0.438. The predicted molar refractivity (Wildman–Crippen MR) is 86.4 cm³/mol. The molecule has 1 aromatic carbocycles. The second kappa shape index (κ2) is 7.67. The van der Waals surface area contributed by atoms with E-state index in [1.165, 1.54) is 47.2 Å². The van der Waals surface area contributed by atoms with Gasteiger partial charge >= 0.3 is 5.97 Å². The quantitative estimate of drug-likeness (QED) is 0.760. The number of aliphatic carboxylic acids is 1. The maximum Gasteiger partial charge on any atom is 0.329 e. The van der Waals surface area contributed by atoms with Crippen molar-refractivity contribution in [1.82, 2.24) is 10.2 Å². The summed E-state index contributed by atoms with van der Waals surface area (Å²) in [7, 11) is 4.31. The zero-order chi connectivity index (χ0) is 18.5. The number of hydrogen-bond donors (Lipinski definition) is 2. The van der Waals surface area contributed by atoms with Crippen LogP contribution in [-0.4, -0.2) is 61.1 Å². The van der Waals surface area contributed by atoms with Crippen molar-refractivity contribution in [1.29, 1.82) is 0 Å². The zero-order valence-electron chi connectivity index (χ0n) is 14.4. The van der Waals surface area contributed by atoms with Crippen LogP contribution in [0, 0.1) is 0 Å². The van der Waals surface area contributed by atoms with E-state index in [1.54, 1.807) is 6.07 Å². The topological polar surface area (TPSA) is 105 Å². The first-order chi connectivity index (χ1) is 11.1. The fourth-order valence-electron chi connectivity index (χ4n) is 1.81. The molecule has 1 aromatic rings. The number of methoxy groups -OCH3 is 2. The number of carbonyl (C=O) groups excluding carboxylic acids is 2. The van der Waals surface area contributed by atoms with Gasteiger partial charge in [-0.1, -0.05) is 0 Å². The van der Waals surface area contributed by atoms with Gasteiger partial charge in [0, 0.05) is 12.6 Å². The molecule has 2 N–H and O–H groups in total. The first kappa shape index (κ1) is 19.3. The Bertz CT molecular complexity index is 641. The number of carboxylic acids is 1. The van der Waals surface area contributed by atoms with E-state index in [4.69, 9.17) is 14.6 Å². The van der Waals surface area contributed by atoms with Crippen molar-refractivity contribution in [2.75, 3.05) is 27.8 Å². The summed E-state index contributed by atoms with van der Waals surface area (Å²) in [5.74, 6) is -1.26. The smallest absolute Gasteiger partial charge is 0.329 e. The molecule has 1 rings (SSSR count). The lowest BCUT2D eigenvalue weighted by Gasteiger charge is -2.31. The summed E-state index contributed by atoms with van der Waals surface area (Å²) in [6, 6.07) is 4.60. The highest BCUT2D eigenvalue weighted by Crippen LogP contribution is 2.27. The minimum atomic E-state index is -1.37. The van der Waals surface area contributed by atoms with Gasteiger partial charge in [-0.2, -0.15) is 0 Å². The fourth-order valence-corrected chi connectivity index (χ4v) is 1.81. The average Bonchev–Trinajstić information content (AvgIpc) is 2.57. The Morgan fingerprint density at radius 2 is 1.75 bits per heavy atom. The van der Waals surface area contributed by atoms with E-state index in [-0.39, 0.29) is 6.54 Å². The van der Waals surface area contributed by atoms with Crippen molar-refractivity contribution in [2.45, 2.75) is 19.4 Å². The SMILES string of the molecule is COc1ccc(C(=O)NCC(=O)N(C)C(C)(C)C(=O)O)cc1OC. The molecule has 0 aromatic heterocycles. The summed E-state index contributed by atoms with van der Waals surface area (Å²) >= 11 is 0. The van der Waals surface area contributed by atoms with Crippen LogP contribution in [0.1, 0.15) is 24.2 Å². The average molecular weight is 338 g/mol. The van der Waals surface area contributed by atoms with Gasteiger partial charge in [0.15, 0.2) is 11.5 Å². The summed E-state index contributed by atoms with van der Waals surface area (Å²) < 4.78 is 10.2. The molecule has 0 aliphatic rings. The summed E-state index contributed by atoms with van der Waals surface area (Å²) in [6.07, 6.45) is 0. The number of nitrogens with zero attached hydrogens (tertiary/aromatic N) is 1. The van der Waals surface area contributed by atoms with Gasteiger partial charge in [-0.3, -0.25) is 9.59 Å². The van der Waals surface area contributed by atoms with Crippen LogP contribution in [0.25, 0.3) is 0 Å². The second-order valence-corrected chi connectivity index (χ2v) is 5.57. The molecule has 8 heteroatoms. The highest BCUT2D eigenvalue weighted by atomic mass is 16.5. The number of nitrogens with one attached hydrogen (secondary N) is 1. The standard InChI is InChI=1S/C16H22N2O6/c1-16(2,15(21)22)18(3)13(19)9-17-14(20)10-6-7-11(23-4)12(8-10)24-5/h6-8H,9H2,1-5H3,(H,17,20)(H,21,22). The Morgan fingerprint density at radius 1 is 1.17 bits per heavy atom. The van der Waals surface area contributed by atoms with Crippen molar-refractivity contribution in [3.63, 3.8) is 0 Å². The van der Waals surface area contributed by atoms with Crippen LogP contribution < -0.4 is 14.8 Å². The van der Waals surface area contributed by atoms with E-state index < -0.39 is 23.3 Å². The molecule has 8 nitrogen and oxygen atoms in total. The predicted octanol–water partition coefficient (Wildman–Crippen LogP) is 0.755. The van der Waals surface area contributed by atoms with Crippen molar-refractivity contribution in [2.24, 2.45) is 0 Å². The lowest BCUT2D eigenvalue weighted by molar-refractivity contribution is -0.154. The van der Waals surface area contributed by atoms with Crippen molar-refractivity contribution < 1.29 is 29.0 Å². The Labute approximate surface area is 140 Å². The largest absolute Gasteiger partial charge is 0.493 e. The van der Waals surface area contributed by atoms with Crippen molar-refractivity contribution in [3.05, 3.63) is 23.8 Å². The van der Waals surface area contributed by atoms with Gasteiger partial charge < -0.3 is 24.8 Å². The monoisotopic (exact) mass is 338 g/mol. The molecular formula is C16H22N2O6. The van der Waals surface area contributed by atoms with Crippen LogP contribution in [0.4, 0.5) is 0 Å². The van der Waals surface area contributed by atoms with Crippen molar-refractivity contribution >= 4 is 17.8 Å². The van der Waals surface area contributed by atoms with E-state index >= 15 is 0 Å². The molecular weight excluding hydrogens is 316 g/mol. The second-order valence-electron chi connectivity index (χ2n) is 5.57. The van der Waals surface area contributed by atoms with E-state index in [0.717, 1.165) is 4.90 Å². The number of carbonyl (C=O) groups is 3. The number of ether oxygens (including phenoxy) is 2. The molecule has 0 saturated heterocycles. The van der Waals surface area contributed by atoms with Crippen LogP contribution in [0.15, 0.2) is 18.2 Å². The van der Waals surface area contributed by atoms with E-state index in [0.29, 0.717) is 17.1 Å². The van der Waals surface area contributed by atoms with E-state index in [2.05, 4.69) is 5.32 Å². The van der Waals surface area contributed by atoms with E-state index in [9.17, 15) is 14.4 Å². The summed E-state index contributed by atoms with van der Waals surface area (Å²) in [6.45, 7) is 2.49. The third kappa shape index (κ3) is 4.15.